The lowest BCUT2D eigenvalue weighted by Crippen LogP contribution is -2.47. The van der Waals surface area contributed by atoms with Crippen LogP contribution in [0.15, 0.2) is 12.4 Å². The first-order valence-electron chi connectivity index (χ1n) is 9.60. The van der Waals surface area contributed by atoms with Crippen molar-refractivity contribution in [3.8, 4) is 0 Å². The number of hydrogen-bond donors (Lipinski definition) is 2. The minimum atomic E-state index is -0.433. The summed E-state index contributed by atoms with van der Waals surface area (Å²) in [6.45, 7) is 10.7. The third-order valence-corrected chi connectivity index (χ3v) is 5.74. The highest BCUT2D eigenvalue weighted by Gasteiger charge is 2.52. The van der Waals surface area contributed by atoms with Gasteiger partial charge in [0.2, 0.25) is 5.95 Å². The number of aliphatic hydroxyl groups excluding tert-OH is 1. The minimum absolute atomic E-state index is 0.159. The fraction of sp³-hybridized carbons (Fsp3) is 0.778. The van der Waals surface area contributed by atoms with Crippen LogP contribution in [0.4, 0.5) is 5.95 Å². The summed E-state index contributed by atoms with van der Waals surface area (Å²) >= 11 is 0. The van der Waals surface area contributed by atoms with Crippen LogP contribution in [0.3, 0.4) is 0 Å². The lowest BCUT2D eigenvalue weighted by atomic mass is 9.81. The summed E-state index contributed by atoms with van der Waals surface area (Å²) in [5.74, 6) is 0.751. The quantitative estimate of drug-likeness (QED) is 0.570. The van der Waals surface area contributed by atoms with Crippen LogP contribution in [0.25, 0.3) is 0 Å². The highest BCUT2D eigenvalue weighted by Crippen LogP contribution is 2.36. The monoisotopic (exact) mass is 362 g/mol. The normalized spacial score (nSPS) is 24.9. The zero-order chi connectivity index (χ0) is 18.8. The van der Waals surface area contributed by atoms with E-state index in [9.17, 15) is 0 Å². The molecule has 0 amide bonds. The molecule has 2 saturated heterocycles. The van der Waals surface area contributed by atoms with Crippen LogP contribution < -0.4 is 15.7 Å². The lowest BCUT2D eigenvalue weighted by Gasteiger charge is -2.36. The number of rotatable bonds is 6. The van der Waals surface area contributed by atoms with Crippen molar-refractivity contribution >= 4 is 18.5 Å². The van der Waals surface area contributed by atoms with E-state index in [0.717, 1.165) is 37.3 Å². The standard InChI is InChI=1S/C18H31BN4O3/c1-17(2)18(3,4)26-19(25-17)14-11-21-16(22-12-14)23-9-6-5-7-15(23)13-20-8-10-24/h11-12,15,20,24H,5-10,13H2,1-4H3/t15-/m0/s1. The summed E-state index contributed by atoms with van der Waals surface area (Å²) in [6.07, 6.45) is 7.11. The predicted molar refractivity (Wildman–Crippen MR) is 103 cm³/mol. The number of aromatic nitrogens is 2. The highest BCUT2D eigenvalue weighted by atomic mass is 16.7. The molecule has 0 aromatic carbocycles. The molecule has 3 rings (SSSR count). The van der Waals surface area contributed by atoms with Crippen molar-refractivity contribution in [2.75, 3.05) is 31.1 Å². The number of piperidine rings is 1. The second-order valence-corrected chi connectivity index (χ2v) is 8.18. The van der Waals surface area contributed by atoms with Gasteiger partial charge in [-0.25, -0.2) is 9.97 Å². The maximum Gasteiger partial charge on any atom is 0.498 e. The van der Waals surface area contributed by atoms with Gasteiger partial charge in [-0.2, -0.15) is 0 Å². The molecule has 2 aliphatic rings. The average molecular weight is 362 g/mol. The molecule has 2 N–H and O–H groups in total. The van der Waals surface area contributed by atoms with Crippen molar-refractivity contribution in [3.05, 3.63) is 12.4 Å². The second kappa shape index (κ2) is 7.80. The molecule has 1 aromatic heterocycles. The molecule has 1 atom stereocenters. The van der Waals surface area contributed by atoms with Gasteiger partial charge in [0, 0.05) is 43.5 Å². The number of nitrogens with one attached hydrogen (secondary N) is 1. The van der Waals surface area contributed by atoms with Crippen molar-refractivity contribution in [2.24, 2.45) is 0 Å². The van der Waals surface area contributed by atoms with Gasteiger partial charge in [0.05, 0.1) is 17.8 Å². The Kier molecular flexibility index (Phi) is 5.86. The molecule has 8 heteroatoms. The molecule has 1 aromatic rings. The SMILES string of the molecule is CC1(C)OB(c2cnc(N3CCCC[C@H]3CNCCO)nc2)OC1(C)C. The largest absolute Gasteiger partial charge is 0.498 e. The zero-order valence-corrected chi connectivity index (χ0v) is 16.4. The Hall–Kier alpha value is -1.22. The van der Waals surface area contributed by atoms with Crippen LogP contribution in [0.2, 0.25) is 0 Å². The van der Waals surface area contributed by atoms with Crippen LogP contribution >= 0.6 is 0 Å². The predicted octanol–water partition coefficient (Wildman–Crippen LogP) is 0.717. The molecule has 0 spiro atoms. The number of anilines is 1. The first-order chi connectivity index (χ1) is 12.3. The number of nitrogens with zero attached hydrogens (tertiary/aromatic N) is 3. The third kappa shape index (κ3) is 4.03. The Labute approximate surface area is 156 Å². The van der Waals surface area contributed by atoms with Crippen molar-refractivity contribution in [1.29, 1.82) is 0 Å². The lowest BCUT2D eigenvalue weighted by molar-refractivity contribution is 0.00578. The molecule has 2 aliphatic heterocycles. The fourth-order valence-electron chi connectivity index (χ4n) is 3.40. The zero-order valence-electron chi connectivity index (χ0n) is 16.4. The summed E-state index contributed by atoms with van der Waals surface area (Å²) in [7, 11) is -0.433. The number of hydrogen-bond acceptors (Lipinski definition) is 7. The van der Waals surface area contributed by atoms with Crippen molar-refractivity contribution in [1.82, 2.24) is 15.3 Å². The molecule has 0 aliphatic carbocycles. The molecule has 0 bridgehead atoms. The first-order valence-corrected chi connectivity index (χ1v) is 9.60. The van der Waals surface area contributed by atoms with Crippen molar-refractivity contribution < 1.29 is 14.4 Å². The second-order valence-electron chi connectivity index (χ2n) is 8.18. The van der Waals surface area contributed by atoms with Crippen LogP contribution in [0, 0.1) is 0 Å². The molecular weight excluding hydrogens is 331 g/mol. The van der Waals surface area contributed by atoms with E-state index in [1.165, 1.54) is 6.42 Å². The summed E-state index contributed by atoms with van der Waals surface area (Å²) < 4.78 is 12.1. The van der Waals surface area contributed by atoms with Crippen LogP contribution in [0.1, 0.15) is 47.0 Å². The topological polar surface area (TPSA) is 79.7 Å². The van der Waals surface area contributed by atoms with Gasteiger partial charge in [-0.05, 0) is 47.0 Å². The Morgan fingerprint density at radius 3 is 2.46 bits per heavy atom. The van der Waals surface area contributed by atoms with E-state index in [4.69, 9.17) is 14.4 Å². The Balaban J connectivity index is 1.68. The molecule has 26 heavy (non-hydrogen) atoms. The van der Waals surface area contributed by atoms with E-state index in [1.807, 2.05) is 40.1 Å². The van der Waals surface area contributed by atoms with Crippen LogP contribution in [-0.4, -0.2) is 65.7 Å². The van der Waals surface area contributed by atoms with Crippen molar-refractivity contribution in [3.63, 3.8) is 0 Å². The Bertz CT molecular complexity index is 581. The molecular formula is C18H31BN4O3. The molecule has 2 fully saturated rings. The first kappa shape index (κ1) is 19.5. The van der Waals surface area contributed by atoms with Gasteiger partial charge in [-0.15, -0.1) is 0 Å². The molecule has 0 radical (unpaired) electrons. The minimum Gasteiger partial charge on any atom is -0.399 e. The third-order valence-electron chi connectivity index (χ3n) is 5.74. The maximum atomic E-state index is 8.96. The van der Waals surface area contributed by atoms with Crippen LogP contribution in [0.5, 0.6) is 0 Å². The molecule has 0 saturated carbocycles. The average Bonchev–Trinajstić information content (AvgIpc) is 2.83. The van der Waals surface area contributed by atoms with Gasteiger partial charge in [0.15, 0.2) is 0 Å². The van der Waals surface area contributed by atoms with E-state index in [-0.39, 0.29) is 17.8 Å². The van der Waals surface area contributed by atoms with E-state index in [0.29, 0.717) is 12.6 Å². The van der Waals surface area contributed by atoms with E-state index in [1.54, 1.807) is 0 Å². The highest BCUT2D eigenvalue weighted by molar-refractivity contribution is 6.61. The van der Waals surface area contributed by atoms with Gasteiger partial charge >= 0.3 is 7.12 Å². The Morgan fingerprint density at radius 2 is 1.85 bits per heavy atom. The fourth-order valence-corrected chi connectivity index (χ4v) is 3.40. The summed E-state index contributed by atoms with van der Waals surface area (Å²) in [4.78, 5) is 11.5. The van der Waals surface area contributed by atoms with Gasteiger partial charge in [-0.3, -0.25) is 0 Å². The Morgan fingerprint density at radius 1 is 1.19 bits per heavy atom. The van der Waals surface area contributed by atoms with E-state index < -0.39 is 7.12 Å². The summed E-state index contributed by atoms with van der Waals surface area (Å²) in [6, 6.07) is 0.359. The molecule has 7 nitrogen and oxygen atoms in total. The van der Waals surface area contributed by atoms with Gasteiger partial charge in [0.1, 0.15) is 0 Å². The molecule has 3 heterocycles. The summed E-state index contributed by atoms with van der Waals surface area (Å²) in [5.41, 5.74) is 0.110. The van der Waals surface area contributed by atoms with Gasteiger partial charge in [0.25, 0.3) is 0 Å². The molecule has 0 unspecified atom stereocenters. The smallest absolute Gasteiger partial charge is 0.399 e. The number of aliphatic hydroxyl groups is 1. The van der Waals surface area contributed by atoms with Crippen molar-refractivity contribution in [2.45, 2.75) is 64.2 Å². The van der Waals surface area contributed by atoms with Gasteiger partial charge in [-0.1, -0.05) is 0 Å². The van der Waals surface area contributed by atoms with Crippen LogP contribution in [-0.2, 0) is 9.31 Å². The van der Waals surface area contributed by atoms with E-state index in [2.05, 4.69) is 20.2 Å². The maximum absolute atomic E-state index is 8.96. The van der Waals surface area contributed by atoms with Gasteiger partial charge < -0.3 is 24.6 Å². The van der Waals surface area contributed by atoms with E-state index >= 15 is 0 Å². The molecule has 144 valence electrons. The summed E-state index contributed by atoms with van der Waals surface area (Å²) in [5, 5.41) is 12.3.